The molecular formula is C13H12ClNO4. The highest BCUT2D eigenvalue weighted by Crippen LogP contribution is 2.24. The van der Waals surface area contributed by atoms with Crippen LogP contribution in [0.15, 0.2) is 23.8 Å². The number of halogens is 1. The Morgan fingerprint density at radius 1 is 1.53 bits per heavy atom. The molecule has 0 fully saturated rings. The highest BCUT2D eigenvalue weighted by atomic mass is 35.5. The summed E-state index contributed by atoms with van der Waals surface area (Å²) in [6.45, 7) is 0.334. The predicted octanol–water partition coefficient (Wildman–Crippen LogP) is 2.14. The third-order valence-corrected chi connectivity index (χ3v) is 2.45. The standard InChI is InChI=1S/C13H12ClNO4/c1-18-4-5-19-13(17)10(8-15)6-9-2-3-12(16)11(14)7-9/h2-3,6-7,16H,4-5H2,1H3/b10-6-. The van der Waals surface area contributed by atoms with Crippen LogP contribution < -0.4 is 0 Å². The van der Waals surface area contributed by atoms with Crippen LogP contribution in [-0.4, -0.2) is 31.4 Å². The summed E-state index contributed by atoms with van der Waals surface area (Å²) in [5, 5.41) is 18.3. The van der Waals surface area contributed by atoms with Crippen molar-refractivity contribution in [1.29, 1.82) is 5.26 Å². The predicted molar refractivity (Wildman–Crippen MR) is 69.5 cm³/mol. The van der Waals surface area contributed by atoms with Gasteiger partial charge in [0.05, 0.1) is 11.6 Å². The van der Waals surface area contributed by atoms with E-state index in [-0.39, 0.29) is 29.6 Å². The summed E-state index contributed by atoms with van der Waals surface area (Å²) in [7, 11) is 1.48. The number of phenolic OH excluding ortho intramolecular Hbond substituents is 1. The van der Waals surface area contributed by atoms with Crippen molar-refractivity contribution in [2.75, 3.05) is 20.3 Å². The largest absolute Gasteiger partial charge is 0.506 e. The van der Waals surface area contributed by atoms with Crippen molar-refractivity contribution in [3.63, 3.8) is 0 Å². The molecule has 1 aromatic carbocycles. The van der Waals surface area contributed by atoms with Crippen molar-refractivity contribution in [1.82, 2.24) is 0 Å². The van der Waals surface area contributed by atoms with Gasteiger partial charge in [-0.1, -0.05) is 17.7 Å². The second-order valence-electron chi connectivity index (χ2n) is 3.51. The van der Waals surface area contributed by atoms with Crippen LogP contribution in [0.3, 0.4) is 0 Å². The molecule has 5 nitrogen and oxygen atoms in total. The molecule has 0 heterocycles. The minimum atomic E-state index is -0.733. The SMILES string of the molecule is COCCOC(=O)/C(C#N)=C\c1ccc(O)c(Cl)c1. The van der Waals surface area contributed by atoms with Crippen LogP contribution >= 0.6 is 11.6 Å². The Balaban J connectivity index is 2.84. The maximum Gasteiger partial charge on any atom is 0.348 e. The lowest BCUT2D eigenvalue weighted by atomic mass is 10.1. The third-order valence-electron chi connectivity index (χ3n) is 2.14. The molecule has 100 valence electrons. The zero-order valence-corrected chi connectivity index (χ0v) is 11.0. The minimum Gasteiger partial charge on any atom is -0.506 e. The van der Waals surface area contributed by atoms with Crippen molar-refractivity contribution in [3.8, 4) is 11.8 Å². The van der Waals surface area contributed by atoms with Crippen LogP contribution in [0.2, 0.25) is 5.02 Å². The molecule has 0 amide bonds. The zero-order chi connectivity index (χ0) is 14.3. The van der Waals surface area contributed by atoms with Crippen molar-refractivity contribution in [2.24, 2.45) is 0 Å². The van der Waals surface area contributed by atoms with E-state index in [0.717, 1.165) is 0 Å². The smallest absolute Gasteiger partial charge is 0.348 e. The molecule has 0 bridgehead atoms. The Kier molecular flexibility index (Phi) is 5.86. The molecule has 0 aliphatic rings. The molecule has 1 aromatic rings. The normalized spacial score (nSPS) is 10.9. The van der Waals surface area contributed by atoms with E-state index in [1.807, 2.05) is 0 Å². The number of methoxy groups -OCH3 is 1. The van der Waals surface area contributed by atoms with E-state index in [1.54, 1.807) is 6.07 Å². The molecule has 0 atom stereocenters. The number of aromatic hydroxyl groups is 1. The highest BCUT2D eigenvalue weighted by molar-refractivity contribution is 6.32. The van der Waals surface area contributed by atoms with Crippen LogP contribution in [0.25, 0.3) is 6.08 Å². The zero-order valence-electron chi connectivity index (χ0n) is 10.2. The highest BCUT2D eigenvalue weighted by Gasteiger charge is 2.10. The van der Waals surface area contributed by atoms with E-state index in [1.165, 1.54) is 31.4 Å². The van der Waals surface area contributed by atoms with Gasteiger partial charge in [0.15, 0.2) is 0 Å². The fraction of sp³-hybridized carbons (Fsp3) is 0.231. The lowest BCUT2D eigenvalue weighted by Gasteiger charge is -2.03. The summed E-state index contributed by atoms with van der Waals surface area (Å²) >= 11 is 5.73. The van der Waals surface area contributed by atoms with Gasteiger partial charge in [-0.25, -0.2) is 4.79 Å². The van der Waals surface area contributed by atoms with Gasteiger partial charge in [0.2, 0.25) is 0 Å². The van der Waals surface area contributed by atoms with E-state index >= 15 is 0 Å². The molecule has 0 unspecified atom stereocenters. The molecule has 0 aliphatic carbocycles. The average Bonchev–Trinajstić information content (AvgIpc) is 2.40. The van der Waals surface area contributed by atoms with Crippen molar-refractivity contribution >= 4 is 23.6 Å². The van der Waals surface area contributed by atoms with E-state index < -0.39 is 5.97 Å². The lowest BCUT2D eigenvalue weighted by molar-refractivity contribution is -0.139. The molecule has 0 aliphatic heterocycles. The number of hydrogen-bond donors (Lipinski definition) is 1. The van der Waals surface area contributed by atoms with E-state index in [2.05, 4.69) is 0 Å². The maximum atomic E-state index is 11.6. The second-order valence-corrected chi connectivity index (χ2v) is 3.92. The van der Waals surface area contributed by atoms with Gasteiger partial charge in [-0.3, -0.25) is 0 Å². The number of phenols is 1. The number of carbonyl (C=O) groups excluding carboxylic acids is 1. The third kappa shape index (κ3) is 4.62. The molecule has 1 rings (SSSR count). The van der Waals surface area contributed by atoms with E-state index in [4.69, 9.17) is 26.3 Å². The first kappa shape index (κ1) is 15.0. The summed E-state index contributed by atoms with van der Waals surface area (Å²) in [5.74, 6) is -0.802. The molecule has 0 radical (unpaired) electrons. The summed E-state index contributed by atoms with van der Waals surface area (Å²) in [6.07, 6.45) is 1.33. The summed E-state index contributed by atoms with van der Waals surface area (Å²) in [4.78, 5) is 11.6. The number of benzene rings is 1. The molecule has 0 aromatic heterocycles. The average molecular weight is 282 g/mol. The molecule has 0 spiro atoms. The van der Waals surface area contributed by atoms with Crippen molar-refractivity contribution < 1.29 is 19.4 Å². The van der Waals surface area contributed by atoms with Gasteiger partial charge in [-0.2, -0.15) is 5.26 Å². The first-order chi connectivity index (χ1) is 9.08. The van der Waals surface area contributed by atoms with Crippen LogP contribution in [0.1, 0.15) is 5.56 Å². The van der Waals surface area contributed by atoms with E-state index in [0.29, 0.717) is 5.56 Å². The van der Waals surface area contributed by atoms with E-state index in [9.17, 15) is 9.90 Å². The molecule has 6 heteroatoms. The number of rotatable bonds is 5. The summed E-state index contributed by atoms with van der Waals surface area (Å²) < 4.78 is 9.55. The van der Waals surface area contributed by atoms with Crippen LogP contribution in [0.5, 0.6) is 5.75 Å². The number of carbonyl (C=O) groups is 1. The number of nitriles is 1. The first-order valence-corrected chi connectivity index (χ1v) is 5.72. The van der Waals surface area contributed by atoms with Crippen LogP contribution in [0.4, 0.5) is 0 Å². The Labute approximate surface area is 115 Å². The molecule has 0 saturated carbocycles. The fourth-order valence-electron chi connectivity index (χ4n) is 1.21. The fourth-order valence-corrected chi connectivity index (χ4v) is 1.40. The van der Waals surface area contributed by atoms with Crippen LogP contribution in [0, 0.1) is 11.3 Å². The second kappa shape index (κ2) is 7.41. The summed E-state index contributed by atoms with van der Waals surface area (Å²) in [5.41, 5.74) is 0.362. The van der Waals surface area contributed by atoms with Crippen LogP contribution in [-0.2, 0) is 14.3 Å². The number of esters is 1. The molecule has 0 saturated heterocycles. The minimum absolute atomic E-state index is 0.0694. The first-order valence-electron chi connectivity index (χ1n) is 5.35. The number of hydrogen-bond acceptors (Lipinski definition) is 5. The van der Waals surface area contributed by atoms with Crippen molar-refractivity contribution in [3.05, 3.63) is 34.4 Å². The van der Waals surface area contributed by atoms with Gasteiger partial charge in [-0.05, 0) is 23.8 Å². The quantitative estimate of drug-likeness (QED) is 0.387. The molecule has 1 N–H and O–H groups in total. The van der Waals surface area contributed by atoms with Gasteiger partial charge < -0.3 is 14.6 Å². The van der Waals surface area contributed by atoms with Gasteiger partial charge >= 0.3 is 5.97 Å². The Morgan fingerprint density at radius 2 is 2.26 bits per heavy atom. The Morgan fingerprint density at radius 3 is 2.84 bits per heavy atom. The Bertz CT molecular complexity index is 534. The monoisotopic (exact) mass is 281 g/mol. The van der Waals surface area contributed by atoms with Crippen molar-refractivity contribution in [2.45, 2.75) is 0 Å². The van der Waals surface area contributed by atoms with Gasteiger partial charge in [0.25, 0.3) is 0 Å². The lowest BCUT2D eigenvalue weighted by Crippen LogP contribution is -2.11. The number of ether oxygens (including phenoxy) is 2. The molecular weight excluding hydrogens is 270 g/mol. The van der Waals surface area contributed by atoms with Gasteiger partial charge in [-0.15, -0.1) is 0 Å². The summed E-state index contributed by atoms with van der Waals surface area (Å²) in [6, 6.07) is 6.10. The molecule has 19 heavy (non-hydrogen) atoms. The van der Waals surface area contributed by atoms with Gasteiger partial charge in [0.1, 0.15) is 24.0 Å². The number of nitrogens with zero attached hydrogens (tertiary/aromatic N) is 1. The van der Waals surface area contributed by atoms with Gasteiger partial charge in [0, 0.05) is 7.11 Å². The topological polar surface area (TPSA) is 79.5 Å². The Hall–Kier alpha value is -2.03. The maximum absolute atomic E-state index is 11.6.